The van der Waals surface area contributed by atoms with Crippen LogP contribution in [0.4, 0.5) is 16.0 Å². The van der Waals surface area contributed by atoms with Crippen LogP contribution in [0.15, 0.2) is 54.7 Å². The van der Waals surface area contributed by atoms with Crippen LogP contribution in [0.5, 0.6) is 0 Å². The Morgan fingerprint density at radius 3 is 2.52 bits per heavy atom. The summed E-state index contributed by atoms with van der Waals surface area (Å²) in [7, 11) is 0. The third-order valence-corrected chi connectivity index (χ3v) is 3.30. The molecule has 3 aromatic rings. The number of hydrogen-bond donors (Lipinski definition) is 1. The molecule has 0 fully saturated rings. The van der Waals surface area contributed by atoms with Crippen molar-refractivity contribution in [2.75, 3.05) is 5.32 Å². The van der Waals surface area contributed by atoms with Crippen molar-refractivity contribution in [3.05, 3.63) is 71.8 Å². The first-order chi connectivity index (χ1) is 10.1. The molecule has 1 N–H and O–H groups in total. The lowest BCUT2D eigenvalue weighted by Crippen LogP contribution is -2.02. The Bertz CT molecular complexity index is 763. The maximum atomic E-state index is 13.2. The van der Waals surface area contributed by atoms with E-state index in [1.165, 1.54) is 12.1 Å². The molecule has 0 aliphatic rings. The summed E-state index contributed by atoms with van der Waals surface area (Å²) in [6.07, 6.45) is 1.97. The predicted octanol–water partition coefficient (Wildman–Crippen LogP) is 4.37. The van der Waals surface area contributed by atoms with Crippen LogP contribution in [0.3, 0.4) is 0 Å². The van der Waals surface area contributed by atoms with Crippen molar-refractivity contribution in [3.8, 4) is 5.69 Å². The lowest BCUT2D eigenvalue weighted by molar-refractivity contribution is 0.627. The van der Waals surface area contributed by atoms with Gasteiger partial charge in [0.1, 0.15) is 5.82 Å². The molecule has 0 amide bonds. The van der Waals surface area contributed by atoms with Crippen molar-refractivity contribution in [3.63, 3.8) is 0 Å². The van der Waals surface area contributed by atoms with E-state index in [2.05, 4.69) is 10.3 Å². The third-order valence-electron chi connectivity index (χ3n) is 3.30. The van der Waals surface area contributed by atoms with Gasteiger partial charge in [-0.25, -0.2) is 9.37 Å². The molecule has 3 rings (SSSR count). The average Bonchev–Trinajstić information content (AvgIpc) is 2.84. The van der Waals surface area contributed by atoms with Gasteiger partial charge in [0.25, 0.3) is 0 Å². The van der Waals surface area contributed by atoms with Crippen molar-refractivity contribution in [1.82, 2.24) is 9.55 Å². The number of benzene rings is 2. The average molecular weight is 281 g/mol. The van der Waals surface area contributed by atoms with Crippen molar-refractivity contribution in [2.45, 2.75) is 13.8 Å². The lowest BCUT2D eigenvalue weighted by Gasteiger charge is -2.11. The van der Waals surface area contributed by atoms with Crippen LogP contribution in [0.1, 0.15) is 11.3 Å². The highest BCUT2D eigenvalue weighted by molar-refractivity contribution is 5.60. The molecule has 1 heterocycles. The molecule has 21 heavy (non-hydrogen) atoms. The highest BCUT2D eigenvalue weighted by atomic mass is 19.1. The van der Waals surface area contributed by atoms with Crippen molar-refractivity contribution < 1.29 is 4.39 Å². The van der Waals surface area contributed by atoms with Gasteiger partial charge in [-0.2, -0.15) is 0 Å². The van der Waals surface area contributed by atoms with Crippen LogP contribution < -0.4 is 5.32 Å². The zero-order valence-corrected chi connectivity index (χ0v) is 12.0. The zero-order chi connectivity index (χ0) is 14.8. The highest BCUT2D eigenvalue weighted by Crippen LogP contribution is 2.23. The largest absolute Gasteiger partial charge is 0.325 e. The minimum Gasteiger partial charge on any atom is -0.325 e. The number of hydrogen-bond acceptors (Lipinski definition) is 2. The monoisotopic (exact) mass is 281 g/mol. The first-order valence-corrected chi connectivity index (χ1v) is 6.78. The zero-order valence-electron chi connectivity index (χ0n) is 12.0. The second-order valence-corrected chi connectivity index (χ2v) is 5.00. The number of para-hydroxylation sites is 1. The van der Waals surface area contributed by atoms with Crippen LogP contribution in [0, 0.1) is 19.7 Å². The van der Waals surface area contributed by atoms with Gasteiger partial charge in [0.15, 0.2) is 0 Å². The first-order valence-electron chi connectivity index (χ1n) is 6.78. The quantitative estimate of drug-likeness (QED) is 0.772. The first kappa shape index (κ1) is 13.4. The van der Waals surface area contributed by atoms with Gasteiger partial charge in [0.05, 0.1) is 5.69 Å². The number of nitrogens with zero attached hydrogens (tertiary/aromatic N) is 2. The van der Waals surface area contributed by atoms with Crippen LogP contribution in [0.2, 0.25) is 0 Å². The molecule has 4 heteroatoms. The van der Waals surface area contributed by atoms with Crippen LogP contribution in [-0.2, 0) is 0 Å². The second kappa shape index (κ2) is 5.40. The molecular formula is C17H16FN3. The molecule has 0 aliphatic carbocycles. The molecule has 0 unspecified atom stereocenters. The fraction of sp³-hybridized carbons (Fsp3) is 0.118. The van der Waals surface area contributed by atoms with Gasteiger partial charge >= 0.3 is 0 Å². The number of rotatable bonds is 3. The van der Waals surface area contributed by atoms with E-state index in [4.69, 9.17) is 0 Å². The molecule has 0 radical (unpaired) electrons. The van der Waals surface area contributed by atoms with Gasteiger partial charge in [-0.3, -0.25) is 4.57 Å². The van der Waals surface area contributed by atoms with Gasteiger partial charge in [-0.15, -0.1) is 0 Å². The Hall–Kier alpha value is -2.62. The standard InChI is InChI=1S/C17H16FN3/c1-12-10-14(18)8-9-16(12)20-17-19-13(2)11-21(17)15-6-4-3-5-7-15/h3-11H,1-2H3,(H,19,20). The van der Waals surface area contributed by atoms with Crippen molar-refractivity contribution >= 4 is 11.6 Å². The highest BCUT2D eigenvalue weighted by Gasteiger charge is 2.09. The smallest absolute Gasteiger partial charge is 0.212 e. The summed E-state index contributed by atoms with van der Waals surface area (Å²) in [5.41, 5.74) is 3.64. The Balaban J connectivity index is 2.00. The van der Waals surface area contributed by atoms with Crippen LogP contribution in [0.25, 0.3) is 5.69 Å². The minimum atomic E-state index is -0.236. The fourth-order valence-corrected chi connectivity index (χ4v) is 2.26. The van der Waals surface area contributed by atoms with E-state index in [0.29, 0.717) is 5.95 Å². The molecular weight excluding hydrogens is 265 g/mol. The van der Waals surface area contributed by atoms with Crippen LogP contribution in [-0.4, -0.2) is 9.55 Å². The maximum absolute atomic E-state index is 13.2. The molecule has 0 bridgehead atoms. The van der Waals surface area contributed by atoms with Gasteiger partial charge < -0.3 is 5.32 Å². The molecule has 106 valence electrons. The summed E-state index contributed by atoms with van der Waals surface area (Å²) in [4.78, 5) is 4.50. The molecule has 0 aliphatic heterocycles. The third kappa shape index (κ3) is 2.79. The Labute approximate surface area is 123 Å². The summed E-state index contributed by atoms with van der Waals surface area (Å²) in [5, 5.41) is 3.27. The van der Waals surface area contributed by atoms with Crippen molar-refractivity contribution in [1.29, 1.82) is 0 Å². The molecule has 3 nitrogen and oxygen atoms in total. The van der Waals surface area contributed by atoms with E-state index in [1.54, 1.807) is 6.07 Å². The summed E-state index contributed by atoms with van der Waals surface area (Å²) in [6, 6.07) is 14.7. The number of aryl methyl sites for hydroxylation is 2. The van der Waals surface area contributed by atoms with Gasteiger partial charge in [0, 0.05) is 17.6 Å². The van der Waals surface area contributed by atoms with Gasteiger partial charge in [-0.1, -0.05) is 18.2 Å². The molecule has 2 aromatic carbocycles. The number of anilines is 2. The summed E-state index contributed by atoms with van der Waals surface area (Å²) < 4.78 is 15.2. The molecule has 1 aromatic heterocycles. The van der Waals surface area contributed by atoms with E-state index >= 15 is 0 Å². The SMILES string of the molecule is Cc1cn(-c2ccccc2)c(Nc2ccc(F)cc2C)n1. The minimum absolute atomic E-state index is 0.236. The van der Waals surface area contributed by atoms with E-state index in [9.17, 15) is 4.39 Å². The Morgan fingerprint density at radius 1 is 1.05 bits per heavy atom. The fourth-order valence-electron chi connectivity index (χ4n) is 2.26. The van der Waals surface area contributed by atoms with E-state index in [-0.39, 0.29) is 5.82 Å². The van der Waals surface area contributed by atoms with Gasteiger partial charge in [-0.05, 0) is 49.7 Å². The second-order valence-electron chi connectivity index (χ2n) is 5.00. The number of imidazole rings is 1. The van der Waals surface area contributed by atoms with E-state index < -0.39 is 0 Å². The topological polar surface area (TPSA) is 29.9 Å². The normalized spacial score (nSPS) is 10.6. The summed E-state index contributed by atoms with van der Waals surface area (Å²) >= 11 is 0. The van der Waals surface area contributed by atoms with E-state index in [0.717, 1.165) is 22.6 Å². The molecule has 0 spiro atoms. The molecule has 0 saturated carbocycles. The molecule has 0 saturated heterocycles. The molecule has 0 atom stereocenters. The number of aromatic nitrogens is 2. The number of halogens is 1. The Morgan fingerprint density at radius 2 is 1.81 bits per heavy atom. The summed E-state index contributed by atoms with van der Waals surface area (Å²) in [6.45, 7) is 3.82. The maximum Gasteiger partial charge on any atom is 0.212 e. The lowest BCUT2D eigenvalue weighted by atomic mass is 10.2. The van der Waals surface area contributed by atoms with E-state index in [1.807, 2.05) is 54.9 Å². The van der Waals surface area contributed by atoms with Gasteiger partial charge in [0.2, 0.25) is 5.95 Å². The van der Waals surface area contributed by atoms with Crippen LogP contribution >= 0.6 is 0 Å². The van der Waals surface area contributed by atoms with Crippen molar-refractivity contribution in [2.24, 2.45) is 0 Å². The Kier molecular flexibility index (Phi) is 3.44. The number of nitrogens with one attached hydrogen (secondary N) is 1. The summed E-state index contributed by atoms with van der Waals surface area (Å²) in [5.74, 6) is 0.481. The predicted molar refractivity (Wildman–Crippen MR) is 82.7 cm³/mol.